The van der Waals surface area contributed by atoms with Gasteiger partial charge >= 0.3 is 0 Å². The predicted molar refractivity (Wildman–Crippen MR) is 75.5 cm³/mol. The third-order valence-electron chi connectivity index (χ3n) is 2.96. The fourth-order valence-electron chi connectivity index (χ4n) is 2.00. The number of hydrogen-bond donors (Lipinski definition) is 1. The smallest absolute Gasteiger partial charge is 0.0447 e. The Kier molecular flexibility index (Phi) is 4.91. The lowest BCUT2D eigenvalue weighted by atomic mass is 10.0. The average Bonchev–Trinajstić information content (AvgIpc) is 2.42. The maximum Gasteiger partial charge on any atom is 0.0447 e. The summed E-state index contributed by atoms with van der Waals surface area (Å²) in [6.07, 6.45) is 3.93. The van der Waals surface area contributed by atoms with E-state index in [1.165, 1.54) is 17.5 Å². The van der Waals surface area contributed by atoms with Crippen LogP contribution in [0.4, 0.5) is 0 Å². The molecule has 0 aliphatic carbocycles. The van der Waals surface area contributed by atoms with Crippen LogP contribution in [0.5, 0.6) is 0 Å². The van der Waals surface area contributed by atoms with Gasteiger partial charge in [-0.3, -0.25) is 4.98 Å². The van der Waals surface area contributed by atoms with E-state index < -0.39 is 0 Å². The van der Waals surface area contributed by atoms with E-state index in [-0.39, 0.29) is 0 Å². The van der Waals surface area contributed by atoms with E-state index in [9.17, 15) is 0 Å². The molecule has 0 spiro atoms. The molecule has 2 aromatic rings. The first kappa shape index (κ1) is 12.8. The zero-order valence-electron chi connectivity index (χ0n) is 10.9. The summed E-state index contributed by atoms with van der Waals surface area (Å²) < 4.78 is 0. The molecular formula is C16H20N2. The summed E-state index contributed by atoms with van der Waals surface area (Å²) in [6, 6.07) is 14.7. The Hall–Kier alpha value is -1.67. The van der Waals surface area contributed by atoms with Gasteiger partial charge in [0, 0.05) is 24.9 Å². The zero-order valence-corrected chi connectivity index (χ0v) is 10.9. The fraction of sp³-hybridized carbons (Fsp3) is 0.312. The van der Waals surface area contributed by atoms with Crippen molar-refractivity contribution in [2.24, 2.45) is 0 Å². The van der Waals surface area contributed by atoms with E-state index in [0.29, 0.717) is 0 Å². The number of hydrogen-bond acceptors (Lipinski definition) is 2. The number of pyridine rings is 1. The van der Waals surface area contributed by atoms with Crippen LogP contribution in [0.2, 0.25) is 0 Å². The standard InChI is InChI=1S/C16H20N2/c1-2-10-17-13-15-8-4-3-7-14(15)12-16-9-5-6-11-18-16/h3-9,11,17H,2,10,12-13H2,1H3. The molecule has 1 aromatic heterocycles. The van der Waals surface area contributed by atoms with E-state index in [4.69, 9.17) is 0 Å². The van der Waals surface area contributed by atoms with Crippen LogP contribution in [-0.2, 0) is 13.0 Å². The van der Waals surface area contributed by atoms with Crippen LogP contribution in [0.25, 0.3) is 0 Å². The van der Waals surface area contributed by atoms with Gasteiger partial charge in [0.15, 0.2) is 0 Å². The molecule has 1 heterocycles. The van der Waals surface area contributed by atoms with Crippen molar-refractivity contribution in [1.29, 1.82) is 0 Å². The van der Waals surface area contributed by atoms with Crippen molar-refractivity contribution in [2.75, 3.05) is 6.54 Å². The third-order valence-corrected chi connectivity index (χ3v) is 2.96. The highest BCUT2D eigenvalue weighted by Crippen LogP contribution is 2.12. The summed E-state index contributed by atoms with van der Waals surface area (Å²) in [7, 11) is 0. The summed E-state index contributed by atoms with van der Waals surface area (Å²) in [5, 5.41) is 3.46. The van der Waals surface area contributed by atoms with E-state index in [0.717, 1.165) is 25.2 Å². The minimum Gasteiger partial charge on any atom is -0.313 e. The van der Waals surface area contributed by atoms with Gasteiger partial charge in [-0.25, -0.2) is 0 Å². The van der Waals surface area contributed by atoms with Crippen molar-refractivity contribution < 1.29 is 0 Å². The van der Waals surface area contributed by atoms with Crippen LogP contribution >= 0.6 is 0 Å². The molecule has 1 N–H and O–H groups in total. The van der Waals surface area contributed by atoms with Crippen molar-refractivity contribution in [2.45, 2.75) is 26.3 Å². The molecule has 0 amide bonds. The Bertz CT molecular complexity index is 466. The van der Waals surface area contributed by atoms with Gasteiger partial charge < -0.3 is 5.32 Å². The summed E-state index contributed by atoms with van der Waals surface area (Å²) in [5.41, 5.74) is 3.86. The van der Waals surface area contributed by atoms with Crippen molar-refractivity contribution >= 4 is 0 Å². The average molecular weight is 240 g/mol. The molecule has 0 saturated heterocycles. The largest absolute Gasteiger partial charge is 0.313 e. The first-order chi connectivity index (χ1) is 8.90. The third kappa shape index (κ3) is 3.67. The molecule has 0 aliphatic heterocycles. The summed E-state index contributed by atoms with van der Waals surface area (Å²) in [4.78, 5) is 4.39. The maximum absolute atomic E-state index is 4.39. The van der Waals surface area contributed by atoms with Crippen LogP contribution in [0, 0.1) is 0 Å². The lowest BCUT2D eigenvalue weighted by Crippen LogP contribution is -2.15. The van der Waals surface area contributed by atoms with Gasteiger partial charge in [0.25, 0.3) is 0 Å². The second-order valence-electron chi connectivity index (χ2n) is 4.44. The van der Waals surface area contributed by atoms with Gasteiger partial charge in [0.05, 0.1) is 0 Å². The first-order valence-corrected chi connectivity index (χ1v) is 6.57. The molecule has 2 heteroatoms. The van der Waals surface area contributed by atoms with Crippen molar-refractivity contribution in [1.82, 2.24) is 10.3 Å². The van der Waals surface area contributed by atoms with E-state index in [1.807, 2.05) is 18.3 Å². The molecular weight excluding hydrogens is 220 g/mol. The van der Waals surface area contributed by atoms with Crippen LogP contribution in [0.1, 0.15) is 30.2 Å². The highest BCUT2D eigenvalue weighted by atomic mass is 14.8. The molecule has 2 nitrogen and oxygen atoms in total. The summed E-state index contributed by atoms with van der Waals surface area (Å²) in [6.45, 7) is 4.20. The summed E-state index contributed by atoms with van der Waals surface area (Å²) >= 11 is 0. The van der Waals surface area contributed by atoms with Gasteiger partial charge in [0.1, 0.15) is 0 Å². The van der Waals surface area contributed by atoms with Gasteiger partial charge in [-0.05, 0) is 36.2 Å². The highest BCUT2D eigenvalue weighted by Gasteiger charge is 2.03. The van der Waals surface area contributed by atoms with E-state index in [2.05, 4.69) is 47.6 Å². The quantitative estimate of drug-likeness (QED) is 0.784. The number of nitrogens with one attached hydrogen (secondary N) is 1. The Labute approximate surface area is 109 Å². The van der Waals surface area contributed by atoms with E-state index >= 15 is 0 Å². The molecule has 2 rings (SSSR count). The SMILES string of the molecule is CCCNCc1ccccc1Cc1ccccn1. The first-order valence-electron chi connectivity index (χ1n) is 6.57. The monoisotopic (exact) mass is 240 g/mol. The molecule has 0 aliphatic rings. The number of rotatable bonds is 6. The Morgan fingerprint density at radius 1 is 1.00 bits per heavy atom. The van der Waals surface area contributed by atoms with Crippen LogP contribution < -0.4 is 5.32 Å². The van der Waals surface area contributed by atoms with Crippen molar-refractivity contribution in [3.63, 3.8) is 0 Å². The molecule has 0 saturated carbocycles. The van der Waals surface area contributed by atoms with Crippen molar-refractivity contribution in [3.05, 3.63) is 65.5 Å². The van der Waals surface area contributed by atoms with Crippen LogP contribution in [-0.4, -0.2) is 11.5 Å². The van der Waals surface area contributed by atoms with Gasteiger partial charge in [-0.2, -0.15) is 0 Å². The van der Waals surface area contributed by atoms with Gasteiger partial charge in [-0.15, -0.1) is 0 Å². The zero-order chi connectivity index (χ0) is 12.6. The summed E-state index contributed by atoms with van der Waals surface area (Å²) in [5.74, 6) is 0. The lowest BCUT2D eigenvalue weighted by molar-refractivity contribution is 0.672. The Morgan fingerprint density at radius 3 is 2.50 bits per heavy atom. The maximum atomic E-state index is 4.39. The molecule has 18 heavy (non-hydrogen) atoms. The molecule has 1 aromatic carbocycles. The number of benzene rings is 1. The second kappa shape index (κ2) is 6.92. The van der Waals surface area contributed by atoms with E-state index in [1.54, 1.807) is 0 Å². The second-order valence-corrected chi connectivity index (χ2v) is 4.44. The molecule has 94 valence electrons. The molecule has 0 radical (unpaired) electrons. The molecule has 0 bridgehead atoms. The Morgan fingerprint density at radius 2 is 1.78 bits per heavy atom. The van der Waals surface area contributed by atoms with Crippen LogP contribution in [0.15, 0.2) is 48.7 Å². The molecule has 0 unspecified atom stereocenters. The van der Waals surface area contributed by atoms with Gasteiger partial charge in [-0.1, -0.05) is 37.3 Å². The van der Waals surface area contributed by atoms with Crippen LogP contribution in [0.3, 0.4) is 0 Å². The predicted octanol–water partition coefficient (Wildman–Crippen LogP) is 3.17. The minimum absolute atomic E-state index is 0.908. The topological polar surface area (TPSA) is 24.9 Å². The normalized spacial score (nSPS) is 10.5. The molecule has 0 fully saturated rings. The number of aromatic nitrogens is 1. The Balaban J connectivity index is 2.07. The minimum atomic E-state index is 0.908. The number of nitrogens with zero attached hydrogens (tertiary/aromatic N) is 1. The molecule has 0 atom stereocenters. The van der Waals surface area contributed by atoms with Crippen molar-refractivity contribution in [3.8, 4) is 0 Å². The fourth-order valence-corrected chi connectivity index (χ4v) is 2.00. The highest BCUT2D eigenvalue weighted by molar-refractivity contribution is 5.30. The lowest BCUT2D eigenvalue weighted by Gasteiger charge is -2.10. The van der Waals surface area contributed by atoms with Gasteiger partial charge in [0.2, 0.25) is 0 Å².